The number of rotatable bonds is 1. The largest absolute Gasteiger partial charge is 0.300 e. The average molecular weight is 304 g/mol. The number of fused-ring (bicyclic) bond motifs is 3. The lowest BCUT2D eigenvalue weighted by atomic mass is 10.2. The average Bonchev–Trinajstić information content (AvgIpc) is 2.42. The first kappa shape index (κ1) is 13.4. The second-order valence-electron chi connectivity index (χ2n) is 4.53. The lowest BCUT2D eigenvalue weighted by Crippen LogP contribution is -2.34. The summed E-state index contributed by atoms with van der Waals surface area (Å²) in [5.74, 6) is -0.0196. The number of nitrogens with zero attached hydrogens (tertiary/aromatic N) is 4. The molecule has 0 saturated heterocycles. The molecule has 0 radical (unpaired) electrons. The van der Waals surface area contributed by atoms with Crippen molar-refractivity contribution in [1.29, 1.82) is 0 Å². The second kappa shape index (κ2) is 4.78. The van der Waals surface area contributed by atoms with Gasteiger partial charge in [-0.1, -0.05) is 11.6 Å². The van der Waals surface area contributed by atoms with Crippen LogP contribution in [0.2, 0.25) is 5.02 Å². The van der Waals surface area contributed by atoms with Crippen LogP contribution in [0.4, 0.5) is 0 Å². The molecular weight excluding hydrogens is 294 g/mol. The minimum absolute atomic E-state index is 0.0872. The summed E-state index contributed by atoms with van der Waals surface area (Å²) in [6.07, 6.45) is 0. The van der Waals surface area contributed by atoms with E-state index in [4.69, 9.17) is 11.6 Å². The van der Waals surface area contributed by atoms with E-state index in [0.717, 1.165) is 4.68 Å². The fourth-order valence-corrected chi connectivity index (χ4v) is 2.24. The van der Waals surface area contributed by atoms with Gasteiger partial charge in [-0.05, 0) is 25.1 Å². The van der Waals surface area contributed by atoms with Gasteiger partial charge in [0, 0.05) is 17.3 Å². The van der Waals surface area contributed by atoms with Gasteiger partial charge in [0.05, 0.1) is 5.52 Å². The van der Waals surface area contributed by atoms with E-state index in [2.05, 4.69) is 20.6 Å². The number of halogens is 1. The number of benzene rings is 1. The van der Waals surface area contributed by atoms with Crippen LogP contribution in [-0.2, 0) is 4.79 Å². The third kappa shape index (κ3) is 2.21. The van der Waals surface area contributed by atoms with E-state index >= 15 is 0 Å². The molecule has 0 aliphatic carbocycles. The second-order valence-corrected chi connectivity index (χ2v) is 4.96. The van der Waals surface area contributed by atoms with Gasteiger partial charge in [-0.25, -0.2) is 9.66 Å². The van der Waals surface area contributed by atoms with E-state index in [0.29, 0.717) is 27.3 Å². The molecule has 1 N–H and O–H groups in total. The molecule has 8 heteroatoms. The van der Waals surface area contributed by atoms with Crippen LogP contribution >= 0.6 is 11.6 Å². The molecule has 3 rings (SSSR count). The highest BCUT2D eigenvalue weighted by molar-refractivity contribution is 6.31. The molecule has 2 heterocycles. The van der Waals surface area contributed by atoms with E-state index < -0.39 is 5.56 Å². The highest BCUT2D eigenvalue weighted by Crippen LogP contribution is 2.21. The zero-order valence-corrected chi connectivity index (χ0v) is 12.0. The first-order valence-corrected chi connectivity index (χ1v) is 6.48. The Kier molecular flexibility index (Phi) is 3.06. The molecule has 0 bridgehead atoms. The minimum atomic E-state index is -0.475. The van der Waals surface area contributed by atoms with Gasteiger partial charge in [0.1, 0.15) is 11.3 Å². The van der Waals surface area contributed by atoms with Gasteiger partial charge in [-0.15, -0.1) is 10.2 Å². The van der Waals surface area contributed by atoms with Crippen LogP contribution in [0.15, 0.2) is 23.0 Å². The van der Waals surface area contributed by atoms with Crippen molar-refractivity contribution in [3.8, 4) is 0 Å². The Morgan fingerprint density at radius 1 is 1.29 bits per heavy atom. The fraction of sp³-hybridized carbons (Fsp3) is 0.154. The van der Waals surface area contributed by atoms with E-state index in [1.165, 1.54) is 6.92 Å². The first-order chi connectivity index (χ1) is 9.97. The lowest BCUT2D eigenvalue weighted by molar-refractivity contribution is -0.115. The summed E-state index contributed by atoms with van der Waals surface area (Å²) in [7, 11) is 0. The molecule has 3 aromatic rings. The Bertz CT molecular complexity index is 951. The van der Waals surface area contributed by atoms with Crippen molar-refractivity contribution in [3.05, 3.63) is 39.4 Å². The monoisotopic (exact) mass is 303 g/mol. The predicted molar refractivity (Wildman–Crippen MR) is 78.9 cm³/mol. The van der Waals surface area contributed by atoms with Gasteiger partial charge in [-0.2, -0.15) is 0 Å². The molecule has 21 heavy (non-hydrogen) atoms. The predicted octanol–water partition coefficient (Wildman–Crippen LogP) is 1.39. The van der Waals surface area contributed by atoms with Crippen LogP contribution < -0.4 is 11.0 Å². The number of aromatic nitrogens is 4. The topological polar surface area (TPSA) is 89.8 Å². The van der Waals surface area contributed by atoms with Crippen molar-refractivity contribution in [2.45, 2.75) is 13.8 Å². The zero-order valence-electron chi connectivity index (χ0n) is 11.2. The van der Waals surface area contributed by atoms with Crippen molar-refractivity contribution in [1.82, 2.24) is 19.9 Å². The summed E-state index contributed by atoms with van der Waals surface area (Å²) in [6, 6.07) is 5.09. The van der Waals surface area contributed by atoms with Gasteiger partial charge in [0.25, 0.3) is 0 Å². The van der Waals surface area contributed by atoms with Gasteiger partial charge < -0.3 is 0 Å². The Morgan fingerprint density at radius 2 is 2.05 bits per heavy atom. The molecule has 7 nitrogen and oxygen atoms in total. The molecule has 0 atom stereocenters. The van der Waals surface area contributed by atoms with Crippen LogP contribution in [-0.4, -0.2) is 25.8 Å². The first-order valence-electron chi connectivity index (χ1n) is 6.10. The summed E-state index contributed by atoms with van der Waals surface area (Å²) in [5, 5.41) is 9.09. The van der Waals surface area contributed by atoms with E-state index in [-0.39, 0.29) is 11.4 Å². The van der Waals surface area contributed by atoms with Crippen molar-refractivity contribution in [2.75, 3.05) is 5.43 Å². The number of amides is 1. The molecule has 106 valence electrons. The van der Waals surface area contributed by atoms with Crippen LogP contribution in [0.3, 0.4) is 0 Å². The SMILES string of the molecule is CC(=O)Nn1c(C)nc2c(nnc3cc(Cl)ccc32)c1=O. The van der Waals surface area contributed by atoms with Crippen LogP contribution in [0.5, 0.6) is 0 Å². The summed E-state index contributed by atoms with van der Waals surface area (Å²) >= 11 is 5.91. The van der Waals surface area contributed by atoms with E-state index in [9.17, 15) is 9.59 Å². The third-order valence-electron chi connectivity index (χ3n) is 2.97. The van der Waals surface area contributed by atoms with Crippen molar-refractivity contribution >= 4 is 39.4 Å². The van der Waals surface area contributed by atoms with Crippen LogP contribution in [0.1, 0.15) is 12.7 Å². The highest BCUT2D eigenvalue weighted by atomic mass is 35.5. The number of nitrogens with one attached hydrogen (secondary N) is 1. The number of carbonyl (C=O) groups is 1. The van der Waals surface area contributed by atoms with Crippen molar-refractivity contribution in [2.24, 2.45) is 0 Å². The molecular formula is C13H10ClN5O2. The zero-order chi connectivity index (χ0) is 15.1. The van der Waals surface area contributed by atoms with Gasteiger partial charge in [0.15, 0.2) is 5.52 Å². The van der Waals surface area contributed by atoms with Gasteiger partial charge >= 0.3 is 5.56 Å². The van der Waals surface area contributed by atoms with Gasteiger partial charge in [-0.3, -0.25) is 15.0 Å². The fourth-order valence-electron chi connectivity index (χ4n) is 2.08. The quantitative estimate of drug-likeness (QED) is 0.686. The maximum Gasteiger partial charge on any atom is 0.300 e. The number of carbonyl (C=O) groups excluding carboxylic acids is 1. The van der Waals surface area contributed by atoms with Crippen molar-refractivity contribution < 1.29 is 4.79 Å². The maximum absolute atomic E-state index is 12.4. The van der Waals surface area contributed by atoms with Crippen LogP contribution in [0.25, 0.3) is 21.9 Å². The lowest BCUT2D eigenvalue weighted by Gasteiger charge is -2.10. The van der Waals surface area contributed by atoms with E-state index in [1.54, 1.807) is 25.1 Å². The molecule has 0 aliphatic heterocycles. The Balaban J connectivity index is 2.41. The van der Waals surface area contributed by atoms with E-state index in [1.807, 2.05) is 0 Å². The number of aryl methyl sites for hydroxylation is 1. The van der Waals surface area contributed by atoms with Crippen molar-refractivity contribution in [3.63, 3.8) is 0 Å². The molecule has 0 saturated carbocycles. The Labute approximate surface area is 123 Å². The minimum Gasteiger partial charge on any atom is -0.274 e. The molecule has 1 aromatic carbocycles. The number of hydrogen-bond donors (Lipinski definition) is 1. The van der Waals surface area contributed by atoms with Gasteiger partial charge in [0.2, 0.25) is 5.91 Å². The summed E-state index contributed by atoms with van der Waals surface area (Å²) in [4.78, 5) is 27.9. The Hall–Kier alpha value is -2.54. The summed E-state index contributed by atoms with van der Waals surface area (Å²) < 4.78 is 1.06. The summed E-state index contributed by atoms with van der Waals surface area (Å²) in [5.41, 5.74) is 3.00. The summed E-state index contributed by atoms with van der Waals surface area (Å²) in [6.45, 7) is 2.93. The molecule has 0 unspecified atom stereocenters. The molecule has 2 aromatic heterocycles. The number of hydrogen-bond acceptors (Lipinski definition) is 5. The normalized spacial score (nSPS) is 11.0. The molecule has 1 amide bonds. The standard InChI is InChI=1S/C13H10ClN5O2/c1-6-15-11-9-4-3-8(14)5-10(9)16-17-12(11)13(21)19(6)18-7(2)20/h3-5H,1-2H3,(H,18,20). The molecule has 0 fully saturated rings. The highest BCUT2D eigenvalue weighted by Gasteiger charge is 2.13. The third-order valence-corrected chi connectivity index (χ3v) is 3.20. The smallest absolute Gasteiger partial charge is 0.274 e. The maximum atomic E-state index is 12.4. The molecule has 0 spiro atoms. The van der Waals surface area contributed by atoms with Crippen LogP contribution in [0, 0.1) is 6.92 Å². The molecule has 0 aliphatic rings. The Morgan fingerprint density at radius 3 is 2.76 bits per heavy atom.